The Bertz CT molecular complexity index is 408. The van der Waals surface area contributed by atoms with Crippen molar-refractivity contribution in [3.05, 3.63) is 35.9 Å². The molecule has 3 N–H and O–H groups in total. The summed E-state index contributed by atoms with van der Waals surface area (Å²) in [6.45, 7) is 6.46. The van der Waals surface area contributed by atoms with Crippen molar-refractivity contribution in [2.75, 3.05) is 26.2 Å². The lowest BCUT2D eigenvalue weighted by Crippen LogP contribution is -2.54. The summed E-state index contributed by atoms with van der Waals surface area (Å²) in [4.78, 5) is 2.40. The smallest absolute Gasteiger partial charge is 0.0940 e. The summed E-state index contributed by atoms with van der Waals surface area (Å²) in [7, 11) is 0. The molecule has 1 saturated heterocycles. The molecule has 1 heterocycles. The zero-order valence-electron chi connectivity index (χ0n) is 12.5. The van der Waals surface area contributed by atoms with Crippen LogP contribution in [-0.2, 0) is 4.74 Å². The van der Waals surface area contributed by atoms with Crippen molar-refractivity contribution in [2.45, 2.75) is 38.0 Å². The van der Waals surface area contributed by atoms with Gasteiger partial charge in [-0.25, -0.2) is 0 Å². The Morgan fingerprint density at radius 2 is 2.10 bits per heavy atom. The van der Waals surface area contributed by atoms with Gasteiger partial charge in [0.05, 0.1) is 18.3 Å². The van der Waals surface area contributed by atoms with Gasteiger partial charge in [-0.3, -0.25) is 4.90 Å². The highest BCUT2D eigenvalue weighted by Gasteiger charge is 2.36. The number of hydrogen-bond donors (Lipinski definition) is 2. The number of nitrogens with two attached hydrogens (primary N) is 1. The van der Waals surface area contributed by atoms with Crippen LogP contribution >= 0.6 is 0 Å². The van der Waals surface area contributed by atoms with Gasteiger partial charge in [0.2, 0.25) is 0 Å². The minimum absolute atomic E-state index is 0.0596. The second kappa shape index (κ2) is 6.68. The molecule has 0 aromatic heterocycles. The maximum absolute atomic E-state index is 9.45. The SMILES string of the molecule is CC1(C)CN(C(CCN)c2ccccc2)CC(CO)O1. The van der Waals surface area contributed by atoms with Crippen LogP contribution in [0.4, 0.5) is 0 Å². The van der Waals surface area contributed by atoms with Crippen LogP contribution in [-0.4, -0.2) is 48.0 Å². The monoisotopic (exact) mass is 278 g/mol. The molecule has 0 spiro atoms. The maximum atomic E-state index is 9.45. The Morgan fingerprint density at radius 1 is 1.40 bits per heavy atom. The molecule has 2 rings (SSSR count). The van der Waals surface area contributed by atoms with Crippen LogP contribution in [0.5, 0.6) is 0 Å². The van der Waals surface area contributed by atoms with Gasteiger partial charge in [0.15, 0.2) is 0 Å². The van der Waals surface area contributed by atoms with Crippen molar-refractivity contribution in [3.8, 4) is 0 Å². The van der Waals surface area contributed by atoms with Gasteiger partial charge >= 0.3 is 0 Å². The summed E-state index contributed by atoms with van der Waals surface area (Å²) < 4.78 is 5.89. The number of aliphatic hydroxyl groups is 1. The third-order valence-electron chi connectivity index (χ3n) is 3.78. The lowest BCUT2D eigenvalue weighted by atomic mass is 9.97. The van der Waals surface area contributed by atoms with E-state index in [0.717, 1.165) is 19.5 Å². The standard InChI is InChI=1S/C16H26N2O2/c1-16(2)12-18(10-14(11-19)20-16)15(8-9-17)13-6-4-3-5-7-13/h3-7,14-15,19H,8-12,17H2,1-2H3. The van der Waals surface area contributed by atoms with Gasteiger partial charge in [0.1, 0.15) is 0 Å². The van der Waals surface area contributed by atoms with E-state index in [4.69, 9.17) is 10.5 Å². The van der Waals surface area contributed by atoms with Gasteiger partial charge in [-0.05, 0) is 32.4 Å². The Kier molecular flexibility index (Phi) is 5.16. The molecule has 1 aromatic carbocycles. The van der Waals surface area contributed by atoms with E-state index in [1.54, 1.807) is 0 Å². The van der Waals surface area contributed by atoms with E-state index < -0.39 is 0 Å². The van der Waals surface area contributed by atoms with Crippen LogP contribution in [0.3, 0.4) is 0 Å². The van der Waals surface area contributed by atoms with Crippen molar-refractivity contribution in [1.82, 2.24) is 4.90 Å². The maximum Gasteiger partial charge on any atom is 0.0940 e. The first-order valence-electron chi connectivity index (χ1n) is 7.33. The molecule has 0 aliphatic carbocycles. The largest absolute Gasteiger partial charge is 0.394 e. The van der Waals surface area contributed by atoms with Gasteiger partial charge in [-0.1, -0.05) is 30.3 Å². The molecule has 4 nitrogen and oxygen atoms in total. The molecule has 20 heavy (non-hydrogen) atoms. The fourth-order valence-electron chi connectivity index (χ4n) is 3.07. The number of hydrogen-bond acceptors (Lipinski definition) is 4. The minimum Gasteiger partial charge on any atom is -0.394 e. The number of aliphatic hydroxyl groups excluding tert-OH is 1. The number of ether oxygens (including phenoxy) is 1. The van der Waals surface area contributed by atoms with Gasteiger partial charge in [0.25, 0.3) is 0 Å². The Labute approximate surface area is 121 Å². The third-order valence-corrected chi connectivity index (χ3v) is 3.78. The van der Waals surface area contributed by atoms with Crippen molar-refractivity contribution in [3.63, 3.8) is 0 Å². The fourth-order valence-corrected chi connectivity index (χ4v) is 3.07. The molecule has 1 fully saturated rings. The summed E-state index contributed by atoms with van der Waals surface area (Å²) in [5.74, 6) is 0. The predicted molar refractivity (Wildman–Crippen MR) is 80.5 cm³/mol. The highest BCUT2D eigenvalue weighted by Crippen LogP contribution is 2.30. The predicted octanol–water partition coefficient (Wildman–Crippen LogP) is 1.55. The van der Waals surface area contributed by atoms with Crippen LogP contribution in [0.15, 0.2) is 30.3 Å². The van der Waals surface area contributed by atoms with E-state index in [9.17, 15) is 5.11 Å². The fraction of sp³-hybridized carbons (Fsp3) is 0.625. The quantitative estimate of drug-likeness (QED) is 0.858. The van der Waals surface area contributed by atoms with Gasteiger partial charge in [0, 0.05) is 19.1 Å². The molecule has 112 valence electrons. The van der Waals surface area contributed by atoms with Gasteiger partial charge in [-0.15, -0.1) is 0 Å². The summed E-state index contributed by atoms with van der Waals surface area (Å²) in [5.41, 5.74) is 6.84. The molecule has 0 saturated carbocycles. The van der Waals surface area contributed by atoms with Crippen LogP contribution in [0.1, 0.15) is 31.9 Å². The summed E-state index contributed by atoms with van der Waals surface area (Å²) in [6.07, 6.45) is 0.792. The van der Waals surface area contributed by atoms with E-state index >= 15 is 0 Å². The first-order chi connectivity index (χ1) is 9.55. The zero-order chi connectivity index (χ0) is 14.6. The number of nitrogens with zero attached hydrogens (tertiary/aromatic N) is 1. The molecular weight excluding hydrogens is 252 g/mol. The van der Waals surface area contributed by atoms with Crippen LogP contribution in [0, 0.1) is 0 Å². The molecule has 1 aliphatic heterocycles. The molecular formula is C16H26N2O2. The van der Waals surface area contributed by atoms with Gasteiger partial charge < -0.3 is 15.6 Å². The average Bonchev–Trinajstić information content (AvgIpc) is 2.44. The van der Waals surface area contributed by atoms with E-state index in [1.807, 2.05) is 6.07 Å². The number of rotatable bonds is 5. The molecule has 2 unspecified atom stereocenters. The first-order valence-corrected chi connectivity index (χ1v) is 7.33. The molecule has 4 heteroatoms. The Morgan fingerprint density at radius 3 is 2.70 bits per heavy atom. The normalized spacial score (nSPS) is 24.5. The van der Waals surface area contributed by atoms with Crippen molar-refractivity contribution >= 4 is 0 Å². The van der Waals surface area contributed by atoms with Crippen LogP contribution in [0.25, 0.3) is 0 Å². The number of benzene rings is 1. The second-order valence-corrected chi connectivity index (χ2v) is 6.12. The van der Waals surface area contributed by atoms with Crippen LogP contribution < -0.4 is 5.73 Å². The molecule has 0 amide bonds. The molecule has 0 radical (unpaired) electrons. The highest BCUT2D eigenvalue weighted by atomic mass is 16.5. The molecule has 0 bridgehead atoms. The molecule has 1 aliphatic rings. The van der Waals surface area contributed by atoms with E-state index in [2.05, 4.69) is 43.0 Å². The molecule has 2 atom stereocenters. The third kappa shape index (κ3) is 3.79. The topological polar surface area (TPSA) is 58.7 Å². The zero-order valence-corrected chi connectivity index (χ0v) is 12.5. The first kappa shape index (κ1) is 15.4. The Hall–Kier alpha value is -0.940. The second-order valence-electron chi connectivity index (χ2n) is 6.12. The number of morpholine rings is 1. The Balaban J connectivity index is 2.20. The van der Waals surface area contributed by atoms with Crippen molar-refractivity contribution in [1.29, 1.82) is 0 Å². The summed E-state index contributed by atoms with van der Waals surface area (Å²) in [6, 6.07) is 10.7. The highest BCUT2D eigenvalue weighted by molar-refractivity contribution is 5.19. The van der Waals surface area contributed by atoms with Crippen molar-refractivity contribution < 1.29 is 9.84 Å². The van der Waals surface area contributed by atoms with Crippen molar-refractivity contribution in [2.24, 2.45) is 5.73 Å². The van der Waals surface area contributed by atoms with E-state index in [0.29, 0.717) is 12.6 Å². The van der Waals surface area contributed by atoms with Gasteiger partial charge in [-0.2, -0.15) is 0 Å². The van der Waals surface area contributed by atoms with E-state index in [-0.39, 0.29) is 18.3 Å². The lowest BCUT2D eigenvalue weighted by Gasteiger charge is -2.45. The summed E-state index contributed by atoms with van der Waals surface area (Å²) >= 11 is 0. The summed E-state index contributed by atoms with van der Waals surface area (Å²) in [5, 5.41) is 9.45. The van der Waals surface area contributed by atoms with E-state index in [1.165, 1.54) is 5.56 Å². The average molecular weight is 278 g/mol. The lowest BCUT2D eigenvalue weighted by molar-refractivity contribution is -0.157. The molecule has 1 aromatic rings. The van der Waals surface area contributed by atoms with Crippen LogP contribution in [0.2, 0.25) is 0 Å². The minimum atomic E-state index is -0.243.